The number of aromatic nitrogens is 2. The number of ether oxygens (including phenoxy) is 1. The van der Waals surface area contributed by atoms with Crippen LogP contribution in [0.2, 0.25) is 10.0 Å². The molecule has 5 nitrogen and oxygen atoms in total. The summed E-state index contributed by atoms with van der Waals surface area (Å²) in [5, 5.41) is 2.30. The molecule has 2 heterocycles. The molecular formula is C17H8Cl2F5N3O2. The number of halogens is 7. The van der Waals surface area contributed by atoms with Crippen molar-refractivity contribution in [1.29, 1.82) is 0 Å². The first-order chi connectivity index (χ1) is 13.6. The van der Waals surface area contributed by atoms with E-state index in [0.717, 1.165) is 18.2 Å². The molecule has 3 aromatic rings. The Hall–Kier alpha value is -2.72. The fourth-order valence-electron chi connectivity index (χ4n) is 2.45. The second-order valence-electron chi connectivity index (χ2n) is 5.51. The highest BCUT2D eigenvalue weighted by atomic mass is 35.5. The number of hydrogen-bond acceptors (Lipinski definition) is 4. The molecule has 0 radical (unpaired) electrons. The summed E-state index contributed by atoms with van der Waals surface area (Å²) >= 11 is 11.9. The number of pyridine rings is 2. The lowest BCUT2D eigenvalue weighted by Crippen LogP contribution is -2.15. The van der Waals surface area contributed by atoms with E-state index in [-0.39, 0.29) is 26.7 Å². The Morgan fingerprint density at radius 2 is 1.72 bits per heavy atom. The van der Waals surface area contributed by atoms with Gasteiger partial charge in [0.25, 0.3) is 5.91 Å². The maximum absolute atomic E-state index is 13.0. The van der Waals surface area contributed by atoms with Gasteiger partial charge in [-0.3, -0.25) is 9.78 Å². The Balaban J connectivity index is 2.12. The predicted octanol–water partition coefficient (Wildman–Crippen LogP) is 5.81. The number of carbonyl (C=O) groups is 1. The van der Waals surface area contributed by atoms with Crippen LogP contribution < -0.4 is 10.1 Å². The Kier molecular flexibility index (Phi) is 5.76. The lowest BCUT2D eigenvalue weighted by molar-refractivity contribution is -0.140. The molecule has 0 aliphatic rings. The highest BCUT2D eigenvalue weighted by molar-refractivity contribution is 6.39. The highest BCUT2D eigenvalue weighted by Gasteiger charge is 2.33. The molecular weight excluding hydrogens is 444 g/mol. The van der Waals surface area contributed by atoms with Gasteiger partial charge < -0.3 is 10.1 Å². The number of carbonyl (C=O) groups excluding carboxylic acids is 1. The third kappa shape index (κ3) is 4.48. The minimum absolute atomic E-state index is 0.0188. The molecule has 12 heteroatoms. The second kappa shape index (κ2) is 7.96. The molecule has 0 fully saturated rings. The fraction of sp³-hybridized carbons (Fsp3) is 0.118. The van der Waals surface area contributed by atoms with Crippen molar-refractivity contribution in [3.63, 3.8) is 0 Å². The third-order valence-electron chi connectivity index (χ3n) is 3.66. The van der Waals surface area contributed by atoms with Gasteiger partial charge in [-0.25, -0.2) is 4.98 Å². The number of benzene rings is 1. The Morgan fingerprint density at radius 3 is 2.31 bits per heavy atom. The van der Waals surface area contributed by atoms with Crippen molar-refractivity contribution in [3.8, 4) is 5.75 Å². The van der Waals surface area contributed by atoms with E-state index < -0.39 is 35.7 Å². The van der Waals surface area contributed by atoms with Crippen LogP contribution in [0.4, 0.5) is 27.6 Å². The van der Waals surface area contributed by atoms with Crippen molar-refractivity contribution in [1.82, 2.24) is 9.97 Å². The van der Waals surface area contributed by atoms with Gasteiger partial charge in [-0.1, -0.05) is 23.2 Å². The van der Waals surface area contributed by atoms with Gasteiger partial charge >= 0.3 is 12.8 Å². The maximum atomic E-state index is 13.0. The van der Waals surface area contributed by atoms with Crippen LogP contribution in [0.15, 0.2) is 36.7 Å². The molecule has 0 bridgehead atoms. The fourth-order valence-corrected chi connectivity index (χ4v) is 2.91. The number of amides is 1. The molecule has 0 unspecified atom stereocenters. The Labute approximate surface area is 169 Å². The van der Waals surface area contributed by atoms with E-state index in [0.29, 0.717) is 6.07 Å². The molecule has 0 spiro atoms. The van der Waals surface area contributed by atoms with Gasteiger partial charge in [0.15, 0.2) is 5.75 Å². The van der Waals surface area contributed by atoms with Crippen LogP contribution in [0, 0.1) is 0 Å². The molecule has 1 aromatic carbocycles. The molecule has 0 saturated heterocycles. The van der Waals surface area contributed by atoms with Gasteiger partial charge in [-0.15, -0.1) is 0 Å². The zero-order valence-electron chi connectivity index (χ0n) is 13.9. The first kappa shape index (κ1) is 21.0. The zero-order chi connectivity index (χ0) is 21.3. The summed E-state index contributed by atoms with van der Waals surface area (Å²) in [4.78, 5) is 19.7. The topological polar surface area (TPSA) is 64.1 Å². The molecule has 0 aliphatic carbocycles. The number of nitrogens with zero attached hydrogens (tertiary/aromatic N) is 2. The van der Waals surface area contributed by atoms with E-state index in [9.17, 15) is 26.7 Å². The molecule has 0 atom stereocenters. The van der Waals surface area contributed by atoms with Crippen LogP contribution in [0.25, 0.3) is 10.9 Å². The van der Waals surface area contributed by atoms with Gasteiger partial charge in [-0.2, -0.15) is 22.0 Å². The molecule has 29 heavy (non-hydrogen) atoms. The zero-order valence-corrected chi connectivity index (χ0v) is 15.4. The summed E-state index contributed by atoms with van der Waals surface area (Å²) in [5.41, 5.74) is -2.03. The third-order valence-corrected chi connectivity index (χ3v) is 4.24. The molecule has 1 amide bonds. The number of rotatable bonds is 4. The molecule has 2 aromatic heterocycles. The maximum Gasteiger partial charge on any atom is 0.433 e. The lowest BCUT2D eigenvalue weighted by atomic mass is 10.1. The SMILES string of the molecule is O=C(Nc1c(Cl)cncc1Cl)c1ccc(OC(F)F)c2nc(C(F)(F)F)ccc12. The molecule has 1 N–H and O–H groups in total. The Morgan fingerprint density at radius 1 is 1.07 bits per heavy atom. The average Bonchev–Trinajstić information content (AvgIpc) is 2.63. The number of fused-ring (bicyclic) bond motifs is 1. The molecule has 0 saturated carbocycles. The first-order valence-corrected chi connectivity index (χ1v) is 8.39. The molecule has 0 aliphatic heterocycles. The minimum atomic E-state index is -4.83. The second-order valence-corrected chi connectivity index (χ2v) is 6.33. The standard InChI is InChI=1S/C17H8Cl2F5N3O2/c18-9-5-25-6-10(19)14(9)27-15(28)8-1-3-11(29-16(20)21)13-7(8)2-4-12(26-13)17(22,23)24/h1-6,16H,(H,25,27,28). The highest BCUT2D eigenvalue weighted by Crippen LogP contribution is 2.35. The predicted molar refractivity (Wildman–Crippen MR) is 95.6 cm³/mol. The average molecular weight is 452 g/mol. The summed E-state index contributed by atoms with van der Waals surface area (Å²) in [6.07, 6.45) is -2.39. The van der Waals surface area contributed by atoms with E-state index >= 15 is 0 Å². The first-order valence-electron chi connectivity index (χ1n) is 7.64. The lowest BCUT2D eigenvalue weighted by Gasteiger charge is -2.14. The van der Waals surface area contributed by atoms with Crippen LogP contribution >= 0.6 is 23.2 Å². The van der Waals surface area contributed by atoms with Gasteiger partial charge in [0, 0.05) is 23.3 Å². The van der Waals surface area contributed by atoms with Crippen molar-refractivity contribution in [3.05, 3.63) is 58.0 Å². The molecule has 3 rings (SSSR count). The smallest absolute Gasteiger partial charge is 0.432 e. The quantitative estimate of drug-likeness (QED) is 0.508. The van der Waals surface area contributed by atoms with Crippen LogP contribution in [0.1, 0.15) is 16.1 Å². The van der Waals surface area contributed by atoms with Crippen molar-refractivity contribution < 1.29 is 31.5 Å². The van der Waals surface area contributed by atoms with Crippen molar-refractivity contribution >= 4 is 45.7 Å². The van der Waals surface area contributed by atoms with E-state index in [4.69, 9.17) is 23.2 Å². The van der Waals surface area contributed by atoms with Crippen LogP contribution in [0.3, 0.4) is 0 Å². The van der Waals surface area contributed by atoms with Gasteiger partial charge in [0.2, 0.25) is 0 Å². The van der Waals surface area contributed by atoms with Gasteiger partial charge in [0.1, 0.15) is 11.2 Å². The number of alkyl halides is 5. The summed E-state index contributed by atoms with van der Waals surface area (Å²) in [6.45, 7) is -3.30. The van der Waals surface area contributed by atoms with Crippen LogP contribution in [0.5, 0.6) is 5.75 Å². The van der Waals surface area contributed by atoms with Crippen LogP contribution in [-0.2, 0) is 6.18 Å². The normalized spacial score (nSPS) is 11.7. The largest absolute Gasteiger partial charge is 0.433 e. The van der Waals surface area contributed by atoms with Crippen LogP contribution in [-0.4, -0.2) is 22.5 Å². The number of nitrogens with one attached hydrogen (secondary N) is 1. The van der Waals surface area contributed by atoms with E-state index in [1.54, 1.807) is 0 Å². The summed E-state index contributed by atoms with van der Waals surface area (Å²) in [5.74, 6) is -1.42. The van der Waals surface area contributed by atoms with Crippen molar-refractivity contribution in [2.45, 2.75) is 12.8 Å². The monoisotopic (exact) mass is 451 g/mol. The molecule has 152 valence electrons. The van der Waals surface area contributed by atoms with Crippen molar-refractivity contribution in [2.75, 3.05) is 5.32 Å². The van der Waals surface area contributed by atoms with Crippen molar-refractivity contribution in [2.24, 2.45) is 0 Å². The van der Waals surface area contributed by atoms with Gasteiger partial charge in [-0.05, 0) is 24.3 Å². The summed E-state index contributed by atoms with van der Waals surface area (Å²) in [6, 6.07) is 3.59. The van der Waals surface area contributed by atoms with E-state index in [1.165, 1.54) is 12.4 Å². The number of anilines is 1. The van der Waals surface area contributed by atoms with Gasteiger partial charge in [0.05, 0.1) is 15.7 Å². The Bertz CT molecular complexity index is 1070. The summed E-state index contributed by atoms with van der Waals surface area (Å²) < 4.78 is 68.4. The van der Waals surface area contributed by atoms with E-state index in [1.807, 2.05) is 0 Å². The number of hydrogen-bond donors (Lipinski definition) is 1. The minimum Gasteiger partial charge on any atom is -0.432 e. The summed E-state index contributed by atoms with van der Waals surface area (Å²) in [7, 11) is 0. The van der Waals surface area contributed by atoms with E-state index in [2.05, 4.69) is 20.0 Å².